The Hall–Kier alpha value is -1.55. The van der Waals surface area contributed by atoms with Gasteiger partial charge in [-0.1, -0.05) is 13.0 Å². The molecule has 3 nitrogen and oxygen atoms in total. The lowest BCUT2D eigenvalue weighted by molar-refractivity contribution is 0.217. The summed E-state index contributed by atoms with van der Waals surface area (Å²) in [6, 6.07) is 12.1. The third kappa shape index (κ3) is 5.05. The molecule has 114 valence electrons. The maximum Gasteiger partial charge on any atom is 0.123 e. The van der Waals surface area contributed by atoms with Crippen LogP contribution in [0.1, 0.15) is 31.8 Å². The molecule has 0 saturated carbocycles. The van der Waals surface area contributed by atoms with Crippen molar-refractivity contribution < 1.29 is 9.15 Å². The largest absolute Gasteiger partial charge is 0.491 e. The van der Waals surface area contributed by atoms with Gasteiger partial charge in [0.2, 0.25) is 0 Å². The first-order chi connectivity index (χ1) is 10.2. The molecule has 0 saturated heterocycles. The quantitative estimate of drug-likeness (QED) is 0.749. The number of benzene rings is 1. The lowest BCUT2D eigenvalue weighted by Gasteiger charge is -2.13. The fourth-order valence-electron chi connectivity index (χ4n) is 1.92. The highest BCUT2D eigenvalue weighted by Crippen LogP contribution is 2.20. The Labute approximate surface area is 131 Å². The van der Waals surface area contributed by atoms with Gasteiger partial charge in [0.25, 0.3) is 0 Å². The molecule has 0 amide bonds. The molecule has 1 atom stereocenters. The maximum absolute atomic E-state index is 5.83. The zero-order valence-electron chi connectivity index (χ0n) is 12.9. The molecule has 4 heteroatoms. The molecule has 0 aliphatic heterocycles. The monoisotopic (exact) mass is 305 g/mol. The van der Waals surface area contributed by atoms with E-state index in [1.165, 1.54) is 0 Å². The topological polar surface area (TPSA) is 34.4 Å². The van der Waals surface area contributed by atoms with Crippen molar-refractivity contribution in [2.75, 3.05) is 11.6 Å². The Balaban J connectivity index is 1.91. The predicted molar refractivity (Wildman–Crippen MR) is 90.1 cm³/mol. The fraction of sp³-hybridized carbons (Fsp3) is 0.412. The zero-order chi connectivity index (χ0) is 15.1. The predicted octanol–water partition coefficient (Wildman–Crippen LogP) is 4.93. The molecular formula is C17H23NO2S. The second-order valence-corrected chi connectivity index (χ2v) is 5.89. The van der Waals surface area contributed by atoms with E-state index in [0.717, 1.165) is 35.1 Å². The Bertz CT molecular complexity index is 553. The fourth-order valence-corrected chi connectivity index (χ4v) is 2.36. The summed E-state index contributed by atoms with van der Waals surface area (Å²) in [5.41, 5.74) is 1.04. The minimum Gasteiger partial charge on any atom is -0.491 e. The summed E-state index contributed by atoms with van der Waals surface area (Å²) in [6.07, 6.45) is 3.31. The van der Waals surface area contributed by atoms with Crippen molar-refractivity contribution in [3.8, 4) is 5.75 Å². The molecule has 2 rings (SSSR count). The van der Waals surface area contributed by atoms with Gasteiger partial charge >= 0.3 is 0 Å². The highest BCUT2D eigenvalue weighted by atomic mass is 32.2. The Morgan fingerprint density at radius 2 is 2.05 bits per heavy atom. The van der Waals surface area contributed by atoms with Crippen molar-refractivity contribution in [2.24, 2.45) is 0 Å². The molecule has 1 N–H and O–H groups in total. The van der Waals surface area contributed by atoms with Gasteiger partial charge < -0.3 is 14.5 Å². The van der Waals surface area contributed by atoms with Crippen molar-refractivity contribution in [2.45, 2.75) is 38.7 Å². The van der Waals surface area contributed by atoms with Crippen LogP contribution in [0.4, 0.5) is 5.69 Å². The van der Waals surface area contributed by atoms with Crippen LogP contribution in [0.25, 0.3) is 0 Å². The summed E-state index contributed by atoms with van der Waals surface area (Å²) in [5.74, 6) is 3.79. The lowest BCUT2D eigenvalue weighted by Crippen LogP contribution is -2.09. The van der Waals surface area contributed by atoms with Crippen LogP contribution >= 0.6 is 11.8 Å². The average molecular weight is 305 g/mol. The number of furan rings is 1. The summed E-state index contributed by atoms with van der Waals surface area (Å²) < 4.78 is 11.6. The average Bonchev–Trinajstić information content (AvgIpc) is 2.93. The van der Waals surface area contributed by atoms with Crippen LogP contribution in [0.2, 0.25) is 0 Å². The molecule has 0 spiro atoms. The standard InChI is InChI=1S/C17H23NO2S/c1-4-13(2)19-15-7-5-6-14(10-15)18-11-16-8-9-17(20-16)12-21-3/h5-10,13,18H,4,11-12H2,1-3H3. The third-order valence-electron chi connectivity index (χ3n) is 3.22. The normalized spacial score (nSPS) is 12.1. The molecule has 1 unspecified atom stereocenters. The van der Waals surface area contributed by atoms with Gasteiger partial charge in [-0.3, -0.25) is 0 Å². The van der Waals surface area contributed by atoms with E-state index in [9.17, 15) is 0 Å². The van der Waals surface area contributed by atoms with Crippen molar-refractivity contribution in [1.82, 2.24) is 0 Å². The van der Waals surface area contributed by atoms with E-state index >= 15 is 0 Å². The summed E-state index contributed by atoms with van der Waals surface area (Å²) in [4.78, 5) is 0. The number of hydrogen-bond acceptors (Lipinski definition) is 4. The smallest absolute Gasteiger partial charge is 0.123 e. The second-order valence-electron chi connectivity index (χ2n) is 5.02. The van der Waals surface area contributed by atoms with E-state index in [2.05, 4.69) is 25.4 Å². The Morgan fingerprint density at radius 3 is 2.81 bits per heavy atom. The maximum atomic E-state index is 5.83. The first kappa shape index (κ1) is 15.8. The molecular weight excluding hydrogens is 282 g/mol. The summed E-state index contributed by atoms with van der Waals surface area (Å²) in [6.45, 7) is 4.88. The molecule has 0 bridgehead atoms. The highest BCUT2D eigenvalue weighted by Gasteiger charge is 2.04. The van der Waals surface area contributed by atoms with Crippen molar-refractivity contribution in [3.05, 3.63) is 47.9 Å². The minimum atomic E-state index is 0.236. The van der Waals surface area contributed by atoms with E-state index in [1.54, 1.807) is 11.8 Å². The van der Waals surface area contributed by atoms with Gasteiger partial charge in [0.05, 0.1) is 18.4 Å². The molecule has 1 aromatic heterocycles. The molecule has 0 aliphatic carbocycles. The van der Waals surface area contributed by atoms with E-state index in [-0.39, 0.29) is 6.10 Å². The number of anilines is 1. The minimum absolute atomic E-state index is 0.236. The van der Waals surface area contributed by atoms with Gasteiger partial charge in [-0.2, -0.15) is 11.8 Å². The van der Waals surface area contributed by atoms with E-state index in [1.807, 2.05) is 36.4 Å². The van der Waals surface area contributed by atoms with Gasteiger partial charge in [-0.05, 0) is 43.9 Å². The Kier molecular flexibility index (Phi) is 6.05. The van der Waals surface area contributed by atoms with Gasteiger partial charge in [0, 0.05) is 11.8 Å². The van der Waals surface area contributed by atoms with Gasteiger partial charge in [0.15, 0.2) is 0 Å². The summed E-state index contributed by atoms with van der Waals surface area (Å²) in [7, 11) is 0. The molecule has 1 heterocycles. The van der Waals surface area contributed by atoms with Gasteiger partial charge in [-0.15, -0.1) is 0 Å². The second kappa shape index (κ2) is 8.03. The van der Waals surface area contributed by atoms with Gasteiger partial charge in [-0.25, -0.2) is 0 Å². The van der Waals surface area contributed by atoms with E-state index in [0.29, 0.717) is 6.54 Å². The first-order valence-electron chi connectivity index (χ1n) is 7.28. The number of hydrogen-bond donors (Lipinski definition) is 1. The van der Waals surface area contributed by atoms with Crippen molar-refractivity contribution >= 4 is 17.4 Å². The van der Waals surface area contributed by atoms with Crippen molar-refractivity contribution in [3.63, 3.8) is 0 Å². The number of nitrogens with one attached hydrogen (secondary N) is 1. The molecule has 0 fully saturated rings. The lowest BCUT2D eigenvalue weighted by atomic mass is 10.2. The third-order valence-corrected chi connectivity index (χ3v) is 3.79. The van der Waals surface area contributed by atoms with E-state index in [4.69, 9.17) is 9.15 Å². The number of thioether (sulfide) groups is 1. The highest BCUT2D eigenvalue weighted by molar-refractivity contribution is 7.97. The molecule has 0 radical (unpaired) electrons. The van der Waals surface area contributed by atoms with E-state index < -0.39 is 0 Å². The number of ether oxygens (including phenoxy) is 1. The van der Waals surface area contributed by atoms with Crippen LogP contribution in [0.3, 0.4) is 0 Å². The van der Waals surface area contributed by atoms with Crippen LogP contribution in [0, 0.1) is 0 Å². The molecule has 1 aromatic carbocycles. The van der Waals surface area contributed by atoms with Gasteiger partial charge in [0.1, 0.15) is 17.3 Å². The molecule has 2 aromatic rings. The summed E-state index contributed by atoms with van der Waals surface area (Å²) in [5, 5.41) is 3.37. The van der Waals surface area contributed by atoms with Crippen LogP contribution in [-0.4, -0.2) is 12.4 Å². The van der Waals surface area contributed by atoms with Crippen molar-refractivity contribution in [1.29, 1.82) is 0 Å². The SMILES string of the molecule is CCC(C)Oc1cccc(NCc2ccc(CSC)o2)c1. The summed E-state index contributed by atoms with van der Waals surface area (Å²) >= 11 is 1.76. The Morgan fingerprint density at radius 1 is 1.24 bits per heavy atom. The van der Waals surface area contributed by atoms with Crippen LogP contribution in [0.15, 0.2) is 40.8 Å². The van der Waals surface area contributed by atoms with Crippen LogP contribution in [-0.2, 0) is 12.3 Å². The van der Waals surface area contributed by atoms with Crippen LogP contribution < -0.4 is 10.1 Å². The molecule has 0 aliphatic rings. The zero-order valence-corrected chi connectivity index (χ0v) is 13.7. The van der Waals surface area contributed by atoms with Crippen LogP contribution in [0.5, 0.6) is 5.75 Å². The molecule has 21 heavy (non-hydrogen) atoms. The first-order valence-corrected chi connectivity index (χ1v) is 8.67. The number of rotatable bonds is 8.